The van der Waals surface area contributed by atoms with Crippen LogP contribution in [0.5, 0.6) is 0 Å². The Hall–Kier alpha value is -2.89. The third kappa shape index (κ3) is 2.31. The first-order valence-electron chi connectivity index (χ1n) is 6.48. The standard InChI is InChI=1S/C15H15N5O/c1-19(2)15(21)12-4-6-14(18-17-12)20-8-7-10-9-11(16)3-5-13(10)20/h3-9H,16H2,1-2H3. The van der Waals surface area contributed by atoms with E-state index in [1.807, 2.05) is 35.0 Å². The highest BCUT2D eigenvalue weighted by atomic mass is 16.2. The van der Waals surface area contributed by atoms with Crippen molar-refractivity contribution >= 4 is 22.5 Å². The van der Waals surface area contributed by atoms with Crippen LogP contribution in [0.1, 0.15) is 10.5 Å². The molecule has 0 saturated carbocycles. The smallest absolute Gasteiger partial charge is 0.273 e. The van der Waals surface area contributed by atoms with Crippen molar-refractivity contribution in [3.05, 3.63) is 48.3 Å². The van der Waals surface area contributed by atoms with E-state index in [2.05, 4.69) is 10.2 Å². The molecule has 0 aliphatic carbocycles. The van der Waals surface area contributed by atoms with E-state index in [1.54, 1.807) is 26.2 Å². The van der Waals surface area contributed by atoms with E-state index in [4.69, 9.17) is 5.73 Å². The van der Waals surface area contributed by atoms with Crippen LogP contribution in [-0.2, 0) is 0 Å². The minimum Gasteiger partial charge on any atom is -0.399 e. The summed E-state index contributed by atoms with van der Waals surface area (Å²) in [6.45, 7) is 0. The topological polar surface area (TPSA) is 77.0 Å². The third-order valence-corrected chi connectivity index (χ3v) is 3.24. The zero-order valence-electron chi connectivity index (χ0n) is 11.8. The molecule has 0 saturated heterocycles. The molecule has 106 valence electrons. The van der Waals surface area contributed by atoms with Gasteiger partial charge in [-0.25, -0.2) is 0 Å². The third-order valence-electron chi connectivity index (χ3n) is 3.24. The molecule has 0 spiro atoms. The van der Waals surface area contributed by atoms with Crippen molar-refractivity contribution < 1.29 is 4.79 Å². The lowest BCUT2D eigenvalue weighted by molar-refractivity contribution is 0.0821. The summed E-state index contributed by atoms with van der Waals surface area (Å²) in [5.74, 6) is 0.490. The molecule has 0 aliphatic heterocycles. The second-order valence-corrected chi connectivity index (χ2v) is 4.98. The van der Waals surface area contributed by atoms with Gasteiger partial charge < -0.3 is 10.6 Å². The number of carbonyl (C=O) groups excluding carboxylic acids is 1. The Morgan fingerprint density at radius 2 is 1.95 bits per heavy atom. The van der Waals surface area contributed by atoms with Crippen LogP contribution in [0.2, 0.25) is 0 Å². The Bertz CT molecular complexity index is 805. The number of benzene rings is 1. The van der Waals surface area contributed by atoms with Crippen molar-refractivity contribution in [3.8, 4) is 5.82 Å². The second kappa shape index (κ2) is 4.90. The lowest BCUT2D eigenvalue weighted by Gasteiger charge is -2.09. The van der Waals surface area contributed by atoms with Crippen LogP contribution in [0.3, 0.4) is 0 Å². The van der Waals surface area contributed by atoms with Crippen molar-refractivity contribution in [2.24, 2.45) is 0 Å². The van der Waals surface area contributed by atoms with Crippen LogP contribution in [-0.4, -0.2) is 39.7 Å². The lowest BCUT2D eigenvalue weighted by Crippen LogP contribution is -2.23. The minimum atomic E-state index is -0.167. The van der Waals surface area contributed by atoms with Crippen LogP contribution >= 0.6 is 0 Å². The van der Waals surface area contributed by atoms with Crippen molar-refractivity contribution in [1.82, 2.24) is 19.7 Å². The number of aromatic nitrogens is 3. The first-order chi connectivity index (χ1) is 10.1. The van der Waals surface area contributed by atoms with Gasteiger partial charge >= 0.3 is 0 Å². The van der Waals surface area contributed by atoms with Gasteiger partial charge in [0, 0.05) is 31.4 Å². The number of rotatable bonds is 2. The van der Waals surface area contributed by atoms with Crippen LogP contribution in [0, 0.1) is 0 Å². The molecule has 2 aromatic heterocycles. The number of hydrogen-bond acceptors (Lipinski definition) is 4. The Labute approximate surface area is 121 Å². The normalized spacial score (nSPS) is 10.8. The molecule has 2 heterocycles. The molecule has 0 radical (unpaired) electrons. The van der Waals surface area contributed by atoms with Crippen molar-refractivity contribution in [2.75, 3.05) is 19.8 Å². The van der Waals surface area contributed by atoms with E-state index in [9.17, 15) is 4.79 Å². The Kier molecular flexibility index (Phi) is 3.06. The highest BCUT2D eigenvalue weighted by molar-refractivity contribution is 5.91. The van der Waals surface area contributed by atoms with Gasteiger partial charge in [0.15, 0.2) is 11.5 Å². The fraction of sp³-hybridized carbons (Fsp3) is 0.133. The van der Waals surface area contributed by atoms with E-state index in [0.29, 0.717) is 11.5 Å². The first kappa shape index (κ1) is 13.1. The molecule has 0 aliphatic rings. The summed E-state index contributed by atoms with van der Waals surface area (Å²) in [4.78, 5) is 13.3. The van der Waals surface area contributed by atoms with Crippen molar-refractivity contribution in [2.45, 2.75) is 0 Å². The van der Waals surface area contributed by atoms with Gasteiger partial charge in [-0.2, -0.15) is 0 Å². The quantitative estimate of drug-likeness (QED) is 0.725. The number of nitrogens with zero attached hydrogens (tertiary/aromatic N) is 4. The van der Waals surface area contributed by atoms with Crippen molar-refractivity contribution in [1.29, 1.82) is 0 Å². The number of carbonyl (C=O) groups is 1. The van der Waals surface area contributed by atoms with Gasteiger partial charge in [-0.3, -0.25) is 9.36 Å². The van der Waals surface area contributed by atoms with Crippen molar-refractivity contribution in [3.63, 3.8) is 0 Å². The largest absolute Gasteiger partial charge is 0.399 e. The predicted molar refractivity (Wildman–Crippen MR) is 81.3 cm³/mol. The monoisotopic (exact) mass is 281 g/mol. The molecule has 0 unspecified atom stereocenters. The second-order valence-electron chi connectivity index (χ2n) is 4.98. The molecule has 1 aromatic carbocycles. The maximum Gasteiger partial charge on any atom is 0.273 e. The molecular formula is C15H15N5O. The van der Waals surface area contributed by atoms with Crippen LogP contribution in [0.4, 0.5) is 5.69 Å². The Morgan fingerprint density at radius 1 is 1.14 bits per heavy atom. The molecule has 6 nitrogen and oxygen atoms in total. The molecule has 0 bridgehead atoms. The maximum atomic E-state index is 11.8. The number of fused-ring (bicyclic) bond motifs is 1. The summed E-state index contributed by atoms with van der Waals surface area (Å²) in [5, 5.41) is 9.16. The molecule has 0 fully saturated rings. The number of hydrogen-bond donors (Lipinski definition) is 1. The minimum absolute atomic E-state index is 0.167. The fourth-order valence-corrected chi connectivity index (χ4v) is 2.16. The van der Waals surface area contributed by atoms with Gasteiger partial charge in [0.05, 0.1) is 5.52 Å². The van der Waals surface area contributed by atoms with E-state index in [-0.39, 0.29) is 5.91 Å². The zero-order chi connectivity index (χ0) is 15.0. The van der Waals surface area contributed by atoms with Gasteiger partial charge in [0.2, 0.25) is 0 Å². The van der Waals surface area contributed by atoms with E-state index in [0.717, 1.165) is 16.6 Å². The van der Waals surface area contributed by atoms with Crippen LogP contribution < -0.4 is 5.73 Å². The molecule has 3 rings (SSSR count). The van der Waals surface area contributed by atoms with Gasteiger partial charge in [0.25, 0.3) is 5.91 Å². The zero-order valence-corrected chi connectivity index (χ0v) is 11.8. The van der Waals surface area contributed by atoms with Gasteiger partial charge in [-0.1, -0.05) is 0 Å². The summed E-state index contributed by atoms with van der Waals surface area (Å²) in [6.07, 6.45) is 1.90. The molecule has 1 amide bonds. The number of nitrogens with two attached hydrogens (primary N) is 1. The van der Waals surface area contributed by atoms with Gasteiger partial charge in [-0.05, 0) is 36.4 Å². The summed E-state index contributed by atoms with van der Waals surface area (Å²) >= 11 is 0. The molecule has 2 N–H and O–H groups in total. The van der Waals surface area contributed by atoms with E-state index < -0.39 is 0 Å². The fourth-order valence-electron chi connectivity index (χ4n) is 2.16. The molecule has 0 atom stereocenters. The Balaban J connectivity index is 2.01. The average molecular weight is 281 g/mol. The van der Waals surface area contributed by atoms with Crippen LogP contribution in [0.15, 0.2) is 42.6 Å². The molecule has 3 aromatic rings. The molecule has 6 heteroatoms. The summed E-state index contributed by atoms with van der Waals surface area (Å²) in [5.41, 5.74) is 7.81. The average Bonchev–Trinajstić information content (AvgIpc) is 2.89. The SMILES string of the molecule is CN(C)C(=O)c1ccc(-n2ccc3cc(N)ccc32)nn1. The molecular weight excluding hydrogens is 266 g/mol. The number of anilines is 1. The predicted octanol–water partition coefficient (Wildman–Crippen LogP) is 1.70. The number of nitrogen functional groups attached to an aromatic ring is 1. The van der Waals surface area contributed by atoms with E-state index in [1.165, 1.54) is 4.90 Å². The maximum absolute atomic E-state index is 11.8. The number of amides is 1. The highest BCUT2D eigenvalue weighted by Crippen LogP contribution is 2.21. The lowest BCUT2D eigenvalue weighted by atomic mass is 10.2. The summed E-state index contributed by atoms with van der Waals surface area (Å²) in [6, 6.07) is 11.1. The van der Waals surface area contributed by atoms with E-state index >= 15 is 0 Å². The highest BCUT2D eigenvalue weighted by Gasteiger charge is 2.11. The van der Waals surface area contributed by atoms with Crippen LogP contribution in [0.25, 0.3) is 16.7 Å². The van der Waals surface area contributed by atoms with Gasteiger partial charge in [0.1, 0.15) is 0 Å². The van der Waals surface area contributed by atoms with Gasteiger partial charge in [-0.15, -0.1) is 10.2 Å². The summed E-state index contributed by atoms with van der Waals surface area (Å²) < 4.78 is 1.91. The molecule has 21 heavy (non-hydrogen) atoms. The first-order valence-corrected chi connectivity index (χ1v) is 6.48. The Morgan fingerprint density at radius 3 is 2.62 bits per heavy atom. The summed E-state index contributed by atoms with van der Waals surface area (Å²) in [7, 11) is 3.36.